The quantitative estimate of drug-likeness (QED) is 0.827. The molecule has 21 heavy (non-hydrogen) atoms. The van der Waals surface area contributed by atoms with Crippen molar-refractivity contribution >= 4 is 0 Å². The average molecular weight is 292 g/mol. The smallest absolute Gasteiger partial charge is 0.0359 e. The number of hydrogen-bond acceptors (Lipinski definition) is 4. The van der Waals surface area contributed by atoms with Crippen LogP contribution in [0, 0.1) is 0 Å². The second kappa shape index (κ2) is 5.48. The van der Waals surface area contributed by atoms with Gasteiger partial charge in [-0.15, -0.1) is 0 Å². The minimum absolute atomic E-state index is 0.302. The van der Waals surface area contributed by atoms with Crippen LogP contribution in [0.4, 0.5) is 0 Å². The van der Waals surface area contributed by atoms with Gasteiger partial charge in [0.25, 0.3) is 0 Å². The van der Waals surface area contributed by atoms with Crippen LogP contribution >= 0.6 is 0 Å². The zero-order valence-electron chi connectivity index (χ0n) is 13.6. The lowest BCUT2D eigenvalue weighted by molar-refractivity contribution is 0.00554. The Hall–Kier alpha value is -0.160. The van der Waals surface area contributed by atoms with E-state index in [9.17, 15) is 0 Å². The molecule has 0 radical (unpaired) electrons. The molecule has 4 unspecified atom stereocenters. The molecular formula is C17H32N4. The highest BCUT2D eigenvalue weighted by Crippen LogP contribution is 2.39. The largest absolute Gasteiger partial charge is 0.329 e. The van der Waals surface area contributed by atoms with E-state index in [0.717, 1.165) is 24.7 Å². The molecule has 0 saturated carbocycles. The minimum atomic E-state index is 0.302. The van der Waals surface area contributed by atoms with E-state index in [-0.39, 0.29) is 0 Å². The highest BCUT2D eigenvalue weighted by molar-refractivity contribution is 5.04. The van der Waals surface area contributed by atoms with Crippen LogP contribution in [-0.2, 0) is 0 Å². The molecule has 2 bridgehead atoms. The number of fused-ring (bicyclic) bond motifs is 3. The molecule has 0 spiro atoms. The molecule has 4 saturated heterocycles. The number of rotatable bonds is 2. The highest BCUT2D eigenvalue weighted by atomic mass is 15.3. The third kappa shape index (κ3) is 2.35. The van der Waals surface area contributed by atoms with Gasteiger partial charge in [-0.05, 0) is 58.5 Å². The summed E-state index contributed by atoms with van der Waals surface area (Å²) in [6.45, 7) is 6.01. The van der Waals surface area contributed by atoms with Crippen molar-refractivity contribution in [2.75, 3.05) is 39.8 Å². The first kappa shape index (κ1) is 14.4. The van der Waals surface area contributed by atoms with Crippen LogP contribution in [0.1, 0.15) is 44.9 Å². The van der Waals surface area contributed by atoms with Gasteiger partial charge in [-0.25, -0.2) is 0 Å². The molecule has 0 aromatic heterocycles. The summed E-state index contributed by atoms with van der Waals surface area (Å²) in [6, 6.07) is 2.43. The molecule has 4 heteroatoms. The van der Waals surface area contributed by atoms with Crippen LogP contribution in [-0.4, -0.2) is 78.1 Å². The topological polar surface area (TPSA) is 35.7 Å². The predicted octanol–water partition coefficient (Wildman–Crippen LogP) is 1.11. The summed E-state index contributed by atoms with van der Waals surface area (Å²) in [7, 11) is 2.35. The van der Waals surface area contributed by atoms with E-state index in [0.29, 0.717) is 5.54 Å². The SMILES string of the molecule is CN1C2CCC1CN(C1(CN)CCN3CCCC3C1)CC2. The Kier molecular flexibility index (Phi) is 3.77. The Morgan fingerprint density at radius 1 is 1.00 bits per heavy atom. The van der Waals surface area contributed by atoms with Gasteiger partial charge in [0, 0.05) is 49.8 Å². The Morgan fingerprint density at radius 3 is 2.71 bits per heavy atom. The van der Waals surface area contributed by atoms with Gasteiger partial charge in [-0.1, -0.05) is 0 Å². The molecule has 4 fully saturated rings. The molecule has 0 aromatic rings. The average Bonchev–Trinajstić information content (AvgIpc) is 3.03. The van der Waals surface area contributed by atoms with E-state index in [4.69, 9.17) is 5.73 Å². The molecule has 4 rings (SSSR count). The third-order valence-corrected chi connectivity index (χ3v) is 7.18. The van der Waals surface area contributed by atoms with Crippen molar-refractivity contribution in [2.24, 2.45) is 5.73 Å². The number of nitrogens with two attached hydrogens (primary N) is 1. The van der Waals surface area contributed by atoms with E-state index in [1.165, 1.54) is 71.1 Å². The molecule has 4 aliphatic heterocycles. The fourth-order valence-electron chi connectivity index (χ4n) is 5.65. The predicted molar refractivity (Wildman–Crippen MR) is 86.4 cm³/mol. The lowest BCUT2D eigenvalue weighted by Crippen LogP contribution is -2.62. The molecule has 2 N–H and O–H groups in total. The Bertz CT molecular complexity index is 387. The number of likely N-dealkylation sites (N-methyl/N-ethyl adjacent to an activating group) is 1. The van der Waals surface area contributed by atoms with Crippen LogP contribution in [0.15, 0.2) is 0 Å². The molecule has 4 atom stereocenters. The van der Waals surface area contributed by atoms with E-state index >= 15 is 0 Å². The van der Waals surface area contributed by atoms with Gasteiger partial charge in [0.05, 0.1) is 0 Å². The van der Waals surface area contributed by atoms with Crippen molar-refractivity contribution in [2.45, 2.75) is 68.6 Å². The van der Waals surface area contributed by atoms with E-state index in [2.05, 4.69) is 21.7 Å². The zero-order chi connectivity index (χ0) is 14.4. The highest BCUT2D eigenvalue weighted by Gasteiger charge is 2.47. The summed E-state index contributed by atoms with van der Waals surface area (Å²) in [5, 5.41) is 0. The second-order valence-corrected chi connectivity index (χ2v) is 8.00. The number of hydrogen-bond donors (Lipinski definition) is 1. The normalized spacial score (nSPS) is 45.7. The Morgan fingerprint density at radius 2 is 1.86 bits per heavy atom. The van der Waals surface area contributed by atoms with Crippen molar-refractivity contribution in [3.63, 3.8) is 0 Å². The molecule has 4 nitrogen and oxygen atoms in total. The fourth-order valence-corrected chi connectivity index (χ4v) is 5.65. The summed E-state index contributed by atoms with van der Waals surface area (Å²) >= 11 is 0. The zero-order valence-corrected chi connectivity index (χ0v) is 13.6. The van der Waals surface area contributed by atoms with Crippen LogP contribution < -0.4 is 5.73 Å². The third-order valence-electron chi connectivity index (χ3n) is 7.18. The number of piperidine rings is 1. The van der Waals surface area contributed by atoms with Crippen LogP contribution in [0.25, 0.3) is 0 Å². The fraction of sp³-hybridized carbons (Fsp3) is 1.00. The maximum absolute atomic E-state index is 6.36. The van der Waals surface area contributed by atoms with E-state index in [1.54, 1.807) is 0 Å². The van der Waals surface area contributed by atoms with Crippen LogP contribution in [0.2, 0.25) is 0 Å². The Labute approximate surface area is 129 Å². The summed E-state index contributed by atoms with van der Waals surface area (Å²) in [4.78, 5) is 8.21. The monoisotopic (exact) mass is 292 g/mol. The lowest BCUT2D eigenvalue weighted by Gasteiger charge is -2.51. The summed E-state index contributed by atoms with van der Waals surface area (Å²) in [5.41, 5.74) is 6.66. The second-order valence-electron chi connectivity index (χ2n) is 8.00. The molecule has 0 aliphatic carbocycles. The lowest BCUT2D eigenvalue weighted by atomic mass is 9.81. The molecule has 0 aromatic carbocycles. The molecular weight excluding hydrogens is 260 g/mol. The minimum Gasteiger partial charge on any atom is -0.329 e. The van der Waals surface area contributed by atoms with E-state index < -0.39 is 0 Å². The Balaban J connectivity index is 1.52. The first-order chi connectivity index (χ1) is 10.2. The van der Waals surface area contributed by atoms with Crippen molar-refractivity contribution in [1.82, 2.24) is 14.7 Å². The van der Waals surface area contributed by atoms with Gasteiger partial charge >= 0.3 is 0 Å². The number of nitrogens with zero attached hydrogens (tertiary/aromatic N) is 3. The standard InChI is InChI=1S/C17H32N4/c1-19-14-4-5-16(19)12-21(9-6-14)17(13-18)7-10-20-8-2-3-15(20)11-17/h14-16H,2-13,18H2,1H3. The van der Waals surface area contributed by atoms with Crippen LogP contribution in [0.5, 0.6) is 0 Å². The maximum Gasteiger partial charge on any atom is 0.0359 e. The molecule has 4 heterocycles. The molecule has 4 aliphatic rings. The first-order valence-corrected chi connectivity index (χ1v) is 9.13. The summed E-state index contributed by atoms with van der Waals surface area (Å²) in [5.74, 6) is 0. The number of likely N-dealkylation sites (tertiary alicyclic amines) is 1. The van der Waals surface area contributed by atoms with Gasteiger partial charge in [-0.3, -0.25) is 9.80 Å². The van der Waals surface area contributed by atoms with Crippen molar-refractivity contribution in [3.05, 3.63) is 0 Å². The van der Waals surface area contributed by atoms with E-state index in [1.807, 2.05) is 0 Å². The first-order valence-electron chi connectivity index (χ1n) is 9.13. The molecule has 0 amide bonds. The van der Waals surface area contributed by atoms with Gasteiger partial charge in [0.2, 0.25) is 0 Å². The summed E-state index contributed by atoms with van der Waals surface area (Å²) in [6.07, 6.45) is 9.59. The van der Waals surface area contributed by atoms with Crippen molar-refractivity contribution < 1.29 is 0 Å². The van der Waals surface area contributed by atoms with Crippen LogP contribution in [0.3, 0.4) is 0 Å². The maximum atomic E-state index is 6.36. The van der Waals surface area contributed by atoms with Crippen molar-refractivity contribution in [1.29, 1.82) is 0 Å². The van der Waals surface area contributed by atoms with Gasteiger partial charge in [-0.2, -0.15) is 0 Å². The van der Waals surface area contributed by atoms with Gasteiger partial charge in [0.1, 0.15) is 0 Å². The summed E-state index contributed by atoms with van der Waals surface area (Å²) < 4.78 is 0. The van der Waals surface area contributed by atoms with Crippen molar-refractivity contribution in [3.8, 4) is 0 Å². The van der Waals surface area contributed by atoms with Gasteiger partial charge < -0.3 is 10.6 Å². The van der Waals surface area contributed by atoms with Gasteiger partial charge in [0.15, 0.2) is 0 Å². The molecule has 120 valence electrons.